The highest BCUT2D eigenvalue weighted by Crippen LogP contribution is 2.36. The Hall–Kier alpha value is -3.10. The number of hydrogen-bond acceptors (Lipinski definition) is 5. The van der Waals surface area contributed by atoms with E-state index in [1.807, 2.05) is 23.1 Å². The van der Waals surface area contributed by atoms with Crippen LogP contribution in [0.1, 0.15) is 19.9 Å². The normalized spacial score (nSPS) is 26.2. The second-order valence-electron chi connectivity index (χ2n) is 9.17. The van der Waals surface area contributed by atoms with Crippen molar-refractivity contribution in [1.29, 1.82) is 0 Å². The van der Waals surface area contributed by atoms with Crippen LogP contribution in [0.5, 0.6) is 0 Å². The van der Waals surface area contributed by atoms with E-state index in [1.54, 1.807) is 0 Å². The van der Waals surface area contributed by atoms with Gasteiger partial charge in [-0.3, -0.25) is 14.5 Å². The minimum atomic E-state index is -0.817. The maximum absolute atomic E-state index is 13.0. The smallest absolute Gasteiger partial charge is 0.323 e. The van der Waals surface area contributed by atoms with Gasteiger partial charge in [0.15, 0.2) is 0 Å². The van der Waals surface area contributed by atoms with Gasteiger partial charge in [0.2, 0.25) is 17.8 Å². The third kappa shape index (κ3) is 3.14. The predicted octanol–water partition coefficient (Wildman–Crippen LogP) is 1.31. The molecule has 3 fully saturated rings. The first-order valence-corrected chi connectivity index (χ1v) is 10.9. The standard InChI is InChI=1S/C22H28N6O3/c1-13(2)28-18-7-5-4-6-17(18)24-21(28)27-11-14-9-26(10-15(14)12-27)20(30)16-8-23-22(31)25(3)19(16)29/h4-7,13-16H,8-12H2,1-3H3,(H,23,31). The van der Waals surface area contributed by atoms with Crippen LogP contribution in [-0.2, 0) is 9.59 Å². The van der Waals surface area contributed by atoms with Gasteiger partial charge in [-0.2, -0.15) is 0 Å². The molecule has 3 unspecified atom stereocenters. The van der Waals surface area contributed by atoms with Gasteiger partial charge in [0, 0.05) is 57.6 Å². The zero-order valence-electron chi connectivity index (χ0n) is 18.1. The van der Waals surface area contributed by atoms with Crippen molar-refractivity contribution in [2.45, 2.75) is 19.9 Å². The van der Waals surface area contributed by atoms with E-state index in [9.17, 15) is 14.4 Å². The van der Waals surface area contributed by atoms with Crippen LogP contribution in [-0.4, -0.2) is 77.0 Å². The minimum absolute atomic E-state index is 0.0806. The van der Waals surface area contributed by atoms with E-state index in [0.717, 1.165) is 35.0 Å². The van der Waals surface area contributed by atoms with Crippen LogP contribution in [0.2, 0.25) is 0 Å². The van der Waals surface area contributed by atoms with Crippen LogP contribution in [0.4, 0.5) is 10.7 Å². The van der Waals surface area contributed by atoms with Crippen LogP contribution < -0.4 is 10.2 Å². The number of likely N-dealkylation sites (tertiary alicyclic amines) is 1. The molecule has 2 aromatic rings. The van der Waals surface area contributed by atoms with Crippen molar-refractivity contribution in [2.24, 2.45) is 17.8 Å². The minimum Gasteiger partial charge on any atom is -0.342 e. The molecule has 3 aliphatic rings. The fourth-order valence-electron chi connectivity index (χ4n) is 5.24. The van der Waals surface area contributed by atoms with E-state index in [0.29, 0.717) is 31.0 Å². The lowest BCUT2D eigenvalue weighted by Crippen LogP contribution is -2.57. The number of amides is 4. The van der Waals surface area contributed by atoms with E-state index < -0.39 is 17.9 Å². The summed E-state index contributed by atoms with van der Waals surface area (Å²) in [6, 6.07) is 8.06. The van der Waals surface area contributed by atoms with Gasteiger partial charge < -0.3 is 19.7 Å². The second-order valence-corrected chi connectivity index (χ2v) is 9.17. The molecule has 3 saturated heterocycles. The first-order valence-electron chi connectivity index (χ1n) is 10.9. The SMILES string of the molecule is CC(C)n1c(N2CC3CN(C(=O)C4CNC(=O)N(C)C4=O)CC3C2)nc2ccccc21. The lowest BCUT2D eigenvalue weighted by molar-refractivity contribution is -0.145. The maximum atomic E-state index is 13.0. The summed E-state index contributed by atoms with van der Waals surface area (Å²) >= 11 is 0. The number of carbonyl (C=O) groups is 3. The highest BCUT2D eigenvalue weighted by atomic mass is 16.2. The third-order valence-electron chi connectivity index (χ3n) is 6.86. The van der Waals surface area contributed by atoms with Crippen LogP contribution in [0.25, 0.3) is 11.0 Å². The Kier molecular flexibility index (Phi) is 4.64. The highest BCUT2D eigenvalue weighted by molar-refractivity contribution is 6.08. The number of nitrogens with zero attached hydrogens (tertiary/aromatic N) is 5. The number of rotatable bonds is 3. The summed E-state index contributed by atoms with van der Waals surface area (Å²) < 4.78 is 2.29. The number of imidazole rings is 1. The summed E-state index contributed by atoms with van der Waals surface area (Å²) in [5.74, 6) is 0.300. The van der Waals surface area contributed by atoms with Crippen molar-refractivity contribution in [3.63, 3.8) is 0 Å². The Labute approximate surface area is 181 Å². The van der Waals surface area contributed by atoms with Gasteiger partial charge in [0.05, 0.1) is 11.0 Å². The van der Waals surface area contributed by atoms with Gasteiger partial charge in [-0.25, -0.2) is 9.78 Å². The average molecular weight is 425 g/mol. The first kappa shape index (κ1) is 19.8. The predicted molar refractivity (Wildman–Crippen MR) is 116 cm³/mol. The Morgan fingerprint density at radius 3 is 2.45 bits per heavy atom. The summed E-state index contributed by atoms with van der Waals surface area (Å²) in [5, 5.41) is 2.62. The molecule has 4 heterocycles. The van der Waals surface area contributed by atoms with Crippen LogP contribution in [0.15, 0.2) is 24.3 Å². The third-order valence-corrected chi connectivity index (χ3v) is 6.86. The topological polar surface area (TPSA) is 90.8 Å². The summed E-state index contributed by atoms with van der Waals surface area (Å²) in [7, 11) is 1.41. The highest BCUT2D eigenvalue weighted by Gasteiger charge is 2.46. The van der Waals surface area contributed by atoms with Crippen molar-refractivity contribution in [3.8, 4) is 0 Å². The number of benzene rings is 1. The van der Waals surface area contributed by atoms with Crippen molar-refractivity contribution in [2.75, 3.05) is 44.7 Å². The van der Waals surface area contributed by atoms with Gasteiger partial charge in [-0.1, -0.05) is 12.1 Å². The molecule has 5 rings (SSSR count). The van der Waals surface area contributed by atoms with Gasteiger partial charge in [-0.05, 0) is 26.0 Å². The quantitative estimate of drug-likeness (QED) is 0.751. The number of anilines is 1. The number of imide groups is 1. The number of urea groups is 1. The zero-order valence-corrected chi connectivity index (χ0v) is 18.1. The van der Waals surface area contributed by atoms with Crippen molar-refractivity contribution in [3.05, 3.63) is 24.3 Å². The molecule has 9 nitrogen and oxygen atoms in total. The molecule has 1 N–H and O–H groups in total. The number of aromatic nitrogens is 2. The molecule has 0 radical (unpaired) electrons. The van der Waals surface area contributed by atoms with Crippen molar-refractivity contribution in [1.82, 2.24) is 24.7 Å². The molecular weight excluding hydrogens is 396 g/mol. The maximum Gasteiger partial charge on any atom is 0.323 e. The molecule has 164 valence electrons. The molecule has 0 aliphatic carbocycles. The lowest BCUT2D eigenvalue weighted by atomic mass is 10.0. The van der Waals surface area contributed by atoms with Gasteiger partial charge in [-0.15, -0.1) is 0 Å². The fraction of sp³-hybridized carbons (Fsp3) is 0.545. The molecule has 4 amide bonds. The summed E-state index contributed by atoms with van der Waals surface area (Å²) in [6.07, 6.45) is 0. The lowest BCUT2D eigenvalue weighted by Gasteiger charge is -2.31. The van der Waals surface area contributed by atoms with Crippen LogP contribution in [0.3, 0.4) is 0 Å². The number of para-hydroxylation sites is 2. The Bertz CT molecular complexity index is 1050. The molecule has 3 atom stereocenters. The van der Waals surface area contributed by atoms with Gasteiger partial charge in [0.1, 0.15) is 5.92 Å². The number of hydrogen-bond donors (Lipinski definition) is 1. The molecular formula is C22H28N6O3. The number of nitrogens with one attached hydrogen (secondary N) is 1. The summed E-state index contributed by atoms with van der Waals surface area (Å²) in [4.78, 5) is 47.1. The van der Waals surface area contributed by atoms with E-state index in [-0.39, 0.29) is 12.5 Å². The molecule has 31 heavy (non-hydrogen) atoms. The molecule has 0 spiro atoms. The first-order chi connectivity index (χ1) is 14.8. The summed E-state index contributed by atoms with van der Waals surface area (Å²) in [6.45, 7) is 7.40. The second kappa shape index (κ2) is 7.25. The monoisotopic (exact) mass is 424 g/mol. The van der Waals surface area contributed by atoms with Gasteiger partial charge in [0.25, 0.3) is 0 Å². The van der Waals surface area contributed by atoms with Gasteiger partial charge >= 0.3 is 6.03 Å². The molecule has 1 aromatic carbocycles. The van der Waals surface area contributed by atoms with E-state index in [2.05, 4.69) is 34.7 Å². The van der Waals surface area contributed by atoms with E-state index in [4.69, 9.17) is 4.98 Å². The molecule has 9 heteroatoms. The number of fused-ring (bicyclic) bond motifs is 2. The summed E-state index contributed by atoms with van der Waals surface area (Å²) in [5.41, 5.74) is 2.14. The number of carbonyl (C=O) groups excluding carboxylic acids is 3. The molecule has 0 bridgehead atoms. The zero-order chi connectivity index (χ0) is 21.9. The Morgan fingerprint density at radius 1 is 1.10 bits per heavy atom. The van der Waals surface area contributed by atoms with Crippen LogP contribution >= 0.6 is 0 Å². The molecule has 0 saturated carbocycles. The fourth-order valence-corrected chi connectivity index (χ4v) is 5.24. The average Bonchev–Trinajstić information content (AvgIpc) is 3.42. The Balaban J connectivity index is 1.30. The van der Waals surface area contributed by atoms with Crippen molar-refractivity contribution >= 4 is 34.8 Å². The van der Waals surface area contributed by atoms with Crippen LogP contribution in [0, 0.1) is 17.8 Å². The Morgan fingerprint density at radius 2 is 1.77 bits per heavy atom. The molecule has 3 aliphatic heterocycles. The van der Waals surface area contributed by atoms with E-state index in [1.165, 1.54) is 7.05 Å². The molecule has 1 aromatic heterocycles. The largest absolute Gasteiger partial charge is 0.342 e. The van der Waals surface area contributed by atoms with Crippen molar-refractivity contribution < 1.29 is 14.4 Å². The van der Waals surface area contributed by atoms with E-state index >= 15 is 0 Å².